The van der Waals surface area contributed by atoms with Gasteiger partial charge in [0.05, 0.1) is 7.11 Å². The minimum atomic E-state index is -0.0821. The molecule has 30 heavy (non-hydrogen) atoms. The highest BCUT2D eigenvalue weighted by Crippen LogP contribution is 2.23. The van der Waals surface area contributed by atoms with Crippen molar-refractivity contribution < 1.29 is 19.1 Å². The van der Waals surface area contributed by atoms with Gasteiger partial charge in [-0.25, -0.2) is 0 Å². The maximum absolute atomic E-state index is 13.2. The standard InChI is InChI=1S/C23H29N3O4/c1-17-12-20(30-3)8-9-21(17)23(28)25-11-5-7-19(15-25)26(22(27)16-29-2)14-18-6-4-10-24-13-18/h4,6,8-10,12-13,19H,5,7,11,14-16H2,1-3H3. The van der Waals surface area contributed by atoms with Gasteiger partial charge >= 0.3 is 0 Å². The van der Waals surface area contributed by atoms with Crippen LogP contribution in [0.25, 0.3) is 0 Å². The summed E-state index contributed by atoms with van der Waals surface area (Å²) in [5.74, 6) is 0.634. The third-order valence-electron chi connectivity index (χ3n) is 5.45. The van der Waals surface area contributed by atoms with Crippen molar-refractivity contribution in [2.45, 2.75) is 32.4 Å². The van der Waals surface area contributed by atoms with Crippen LogP contribution >= 0.6 is 0 Å². The SMILES string of the molecule is COCC(=O)N(Cc1cccnc1)C1CCCN(C(=O)c2ccc(OC)cc2C)C1. The van der Waals surface area contributed by atoms with Gasteiger partial charge in [0.1, 0.15) is 12.4 Å². The molecule has 0 N–H and O–H groups in total. The number of pyridine rings is 1. The average Bonchev–Trinajstić information content (AvgIpc) is 2.77. The lowest BCUT2D eigenvalue weighted by atomic mass is 10.0. The molecule has 0 saturated carbocycles. The van der Waals surface area contributed by atoms with E-state index in [9.17, 15) is 9.59 Å². The summed E-state index contributed by atoms with van der Waals surface area (Å²) in [6, 6.07) is 9.22. The second-order valence-corrected chi connectivity index (χ2v) is 7.54. The van der Waals surface area contributed by atoms with E-state index in [2.05, 4.69) is 4.98 Å². The van der Waals surface area contributed by atoms with E-state index < -0.39 is 0 Å². The van der Waals surface area contributed by atoms with Crippen LogP contribution < -0.4 is 4.74 Å². The first-order chi connectivity index (χ1) is 14.5. The number of nitrogens with zero attached hydrogens (tertiary/aromatic N) is 3. The molecule has 0 spiro atoms. The Balaban J connectivity index is 1.77. The van der Waals surface area contributed by atoms with Gasteiger partial charge in [-0.05, 0) is 55.2 Å². The van der Waals surface area contributed by atoms with Gasteiger partial charge in [-0.1, -0.05) is 6.07 Å². The summed E-state index contributed by atoms with van der Waals surface area (Å²) in [5.41, 5.74) is 2.50. The third-order valence-corrected chi connectivity index (χ3v) is 5.45. The first-order valence-electron chi connectivity index (χ1n) is 10.1. The Morgan fingerprint density at radius 3 is 2.77 bits per heavy atom. The molecule has 1 aromatic carbocycles. The predicted octanol–water partition coefficient (Wildman–Crippen LogP) is 2.68. The molecule has 2 aromatic rings. The van der Waals surface area contributed by atoms with Crippen molar-refractivity contribution in [2.24, 2.45) is 0 Å². The zero-order valence-corrected chi connectivity index (χ0v) is 17.8. The molecule has 3 rings (SSSR count). The normalized spacial score (nSPS) is 16.2. The molecular formula is C23H29N3O4. The van der Waals surface area contributed by atoms with Gasteiger partial charge in [0.2, 0.25) is 5.91 Å². The number of ether oxygens (including phenoxy) is 2. The van der Waals surface area contributed by atoms with E-state index in [4.69, 9.17) is 9.47 Å². The van der Waals surface area contributed by atoms with Crippen molar-refractivity contribution in [1.82, 2.24) is 14.8 Å². The second kappa shape index (κ2) is 10.2. The lowest BCUT2D eigenvalue weighted by molar-refractivity contribution is -0.139. The number of aromatic nitrogens is 1. The van der Waals surface area contributed by atoms with E-state index in [1.54, 1.807) is 25.6 Å². The zero-order valence-electron chi connectivity index (χ0n) is 17.8. The number of likely N-dealkylation sites (tertiary alicyclic amines) is 1. The zero-order chi connectivity index (χ0) is 21.5. The Hall–Kier alpha value is -2.93. The third kappa shape index (κ3) is 5.16. The highest BCUT2D eigenvalue weighted by atomic mass is 16.5. The molecule has 1 atom stereocenters. The van der Waals surface area contributed by atoms with Crippen LogP contribution in [0.2, 0.25) is 0 Å². The first kappa shape index (κ1) is 21.8. The van der Waals surface area contributed by atoms with Gasteiger partial charge in [0.25, 0.3) is 5.91 Å². The number of aryl methyl sites for hydroxylation is 1. The maximum atomic E-state index is 13.2. The molecule has 1 unspecified atom stereocenters. The molecule has 7 nitrogen and oxygen atoms in total. The van der Waals surface area contributed by atoms with E-state index in [1.165, 1.54) is 7.11 Å². The van der Waals surface area contributed by atoms with E-state index in [-0.39, 0.29) is 24.5 Å². The summed E-state index contributed by atoms with van der Waals surface area (Å²) in [7, 11) is 3.13. The molecular weight excluding hydrogens is 382 g/mol. The molecule has 1 saturated heterocycles. The minimum absolute atomic E-state index is 0.0135. The minimum Gasteiger partial charge on any atom is -0.497 e. The van der Waals surface area contributed by atoms with Crippen molar-refractivity contribution in [3.05, 3.63) is 59.4 Å². The van der Waals surface area contributed by atoms with Crippen LogP contribution in [0, 0.1) is 6.92 Å². The quantitative estimate of drug-likeness (QED) is 0.701. The van der Waals surface area contributed by atoms with Crippen LogP contribution in [0.1, 0.15) is 34.3 Å². The van der Waals surface area contributed by atoms with Gasteiger partial charge < -0.3 is 19.3 Å². The highest BCUT2D eigenvalue weighted by Gasteiger charge is 2.31. The van der Waals surface area contributed by atoms with Gasteiger partial charge in [0, 0.05) is 50.7 Å². The average molecular weight is 412 g/mol. The Bertz CT molecular complexity index is 872. The molecule has 1 aromatic heterocycles. The smallest absolute Gasteiger partial charge is 0.254 e. The van der Waals surface area contributed by atoms with Crippen LogP contribution in [-0.4, -0.2) is 66.6 Å². The molecule has 1 aliphatic heterocycles. The highest BCUT2D eigenvalue weighted by molar-refractivity contribution is 5.96. The molecule has 7 heteroatoms. The lowest BCUT2D eigenvalue weighted by Crippen LogP contribution is -2.52. The number of carbonyl (C=O) groups is 2. The van der Waals surface area contributed by atoms with Crippen molar-refractivity contribution in [1.29, 1.82) is 0 Å². The number of benzene rings is 1. The molecule has 2 heterocycles. The van der Waals surface area contributed by atoms with Crippen molar-refractivity contribution in [2.75, 3.05) is 33.9 Å². The van der Waals surface area contributed by atoms with E-state index in [1.807, 2.05) is 41.0 Å². The van der Waals surface area contributed by atoms with Gasteiger partial charge in [-0.15, -0.1) is 0 Å². The largest absolute Gasteiger partial charge is 0.497 e. The fraction of sp³-hybridized carbons (Fsp3) is 0.435. The molecule has 160 valence electrons. The second-order valence-electron chi connectivity index (χ2n) is 7.54. The lowest BCUT2D eigenvalue weighted by Gasteiger charge is -2.39. The number of methoxy groups -OCH3 is 2. The summed E-state index contributed by atoms with van der Waals surface area (Å²) in [6.45, 7) is 3.56. The molecule has 1 aliphatic rings. The number of piperidine rings is 1. The van der Waals surface area contributed by atoms with Gasteiger partial charge in [-0.2, -0.15) is 0 Å². The fourth-order valence-electron chi connectivity index (χ4n) is 3.88. The molecule has 0 aliphatic carbocycles. The summed E-state index contributed by atoms with van der Waals surface area (Å²) < 4.78 is 10.3. The number of carbonyl (C=O) groups excluding carboxylic acids is 2. The first-order valence-corrected chi connectivity index (χ1v) is 10.1. The van der Waals surface area contributed by atoms with Gasteiger partial charge in [0.15, 0.2) is 0 Å². The van der Waals surface area contributed by atoms with Crippen LogP contribution in [0.4, 0.5) is 0 Å². The topological polar surface area (TPSA) is 72.0 Å². The van der Waals surface area contributed by atoms with Crippen molar-refractivity contribution in [3.63, 3.8) is 0 Å². The maximum Gasteiger partial charge on any atom is 0.254 e. The van der Waals surface area contributed by atoms with Crippen molar-refractivity contribution in [3.8, 4) is 5.75 Å². The Kier molecular flexibility index (Phi) is 7.41. The number of hydrogen-bond acceptors (Lipinski definition) is 5. The summed E-state index contributed by atoms with van der Waals surface area (Å²) in [4.78, 5) is 33.8. The summed E-state index contributed by atoms with van der Waals surface area (Å²) in [6.07, 6.45) is 5.17. The Morgan fingerprint density at radius 2 is 2.10 bits per heavy atom. The van der Waals surface area contributed by atoms with E-state index in [0.29, 0.717) is 25.2 Å². The molecule has 0 bridgehead atoms. The van der Waals surface area contributed by atoms with Crippen LogP contribution in [0.15, 0.2) is 42.7 Å². The van der Waals surface area contributed by atoms with Crippen LogP contribution in [0.5, 0.6) is 5.75 Å². The van der Waals surface area contributed by atoms with Crippen molar-refractivity contribution >= 4 is 11.8 Å². The number of amides is 2. The number of hydrogen-bond donors (Lipinski definition) is 0. The Morgan fingerprint density at radius 1 is 1.27 bits per heavy atom. The van der Waals surface area contributed by atoms with E-state index in [0.717, 1.165) is 29.7 Å². The fourth-order valence-corrected chi connectivity index (χ4v) is 3.88. The van der Waals surface area contributed by atoms with Gasteiger partial charge in [-0.3, -0.25) is 14.6 Å². The predicted molar refractivity (Wildman–Crippen MR) is 113 cm³/mol. The van der Waals surface area contributed by atoms with Crippen LogP contribution in [-0.2, 0) is 16.1 Å². The molecule has 2 amide bonds. The molecule has 1 fully saturated rings. The summed E-state index contributed by atoms with van der Waals surface area (Å²) >= 11 is 0. The van der Waals surface area contributed by atoms with E-state index >= 15 is 0 Å². The number of rotatable bonds is 7. The molecule has 0 radical (unpaired) electrons. The Labute approximate surface area is 177 Å². The van der Waals surface area contributed by atoms with Crippen LogP contribution in [0.3, 0.4) is 0 Å². The monoisotopic (exact) mass is 411 g/mol. The summed E-state index contributed by atoms with van der Waals surface area (Å²) in [5, 5.41) is 0.